The van der Waals surface area contributed by atoms with Crippen LogP contribution in [-0.4, -0.2) is 18.9 Å². The largest absolute Gasteiger partial charge is 0.368 e. The summed E-state index contributed by atoms with van der Waals surface area (Å²) in [7, 11) is 0. The van der Waals surface area contributed by atoms with Gasteiger partial charge in [-0.05, 0) is 12.0 Å². The number of nitrogens with zero attached hydrogens (tertiary/aromatic N) is 1. The van der Waals surface area contributed by atoms with Gasteiger partial charge in [-0.1, -0.05) is 37.6 Å². The van der Waals surface area contributed by atoms with E-state index in [0.717, 1.165) is 18.9 Å². The smallest absolute Gasteiger partial charge is 0.128 e. The van der Waals surface area contributed by atoms with Crippen LogP contribution in [0.3, 0.4) is 0 Å². The monoisotopic (exact) mass is 188 g/mol. The number of benzene rings is 1. The minimum absolute atomic E-state index is 0.909. The molecule has 1 N–H and O–H groups in total. The SMILES string of the molecule is CCCc1ccc(C2=NCCN2)cc1. The van der Waals surface area contributed by atoms with Crippen LogP contribution in [-0.2, 0) is 6.42 Å². The van der Waals surface area contributed by atoms with Crippen LogP contribution in [0.4, 0.5) is 0 Å². The van der Waals surface area contributed by atoms with E-state index >= 15 is 0 Å². The van der Waals surface area contributed by atoms with Gasteiger partial charge in [0.2, 0.25) is 0 Å². The van der Waals surface area contributed by atoms with Crippen LogP contribution in [0.5, 0.6) is 0 Å². The van der Waals surface area contributed by atoms with Gasteiger partial charge in [-0.25, -0.2) is 0 Å². The third-order valence-electron chi connectivity index (χ3n) is 2.44. The lowest BCUT2D eigenvalue weighted by Crippen LogP contribution is -2.19. The van der Waals surface area contributed by atoms with E-state index in [1.807, 2.05) is 0 Å². The molecule has 1 aliphatic heterocycles. The molecule has 14 heavy (non-hydrogen) atoms. The van der Waals surface area contributed by atoms with Crippen molar-refractivity contribution in [3.8, 4) is 0 Å². The third kappa shape index (κ3) is 1.95. The summed E-state index contributed by atoms with van der Waals surface area (Å²) in [6.07, 6.45) is 2.37. The van der Waals surface area contributed by atoms with Crippen LogP contribution in [0.2, 0.25) is 0 Å². The van der Waals surface area contributed by atoms with Crippen LogP contribution >= 0.6 is 0 Å². The van der Waals surface area contributed by atoms with Crippen molar-refractivity contribution in [2.45, 2.75) is 19.8 Å². The first-order valence-electron chi connectivity index (χ1n) is 5.28. The number of aryl methyl sites for hydroxylation is 1. The molecule has 0 aromatic heterocycles. The maximum Gasteiger partial charge on any atom is 0.128 e. The molecule has 2 rings (SSSR count). The van der Waals surface area contributed by atoms with Crippen molar-refractivity contribution in [3.05, 3.63) is 35.4 Å². The average Bonchev–Trinajstić information content (AvgIpc) is 2.72. The molecule has 0 atom stereocenters. The Bertz CT molecular complexity index is 325. The third-order valence-corrected chi connectivity index (χ3v) is 2.44. The molecule has 74 valence electrons. The van der Waals surface area contributed by atoms with E-state index in [4.69, 9.17) is 0 Å². The molecule has 0 unspecified atom stereocenters. The van der Waals surface area contributed by atoms with E-state index in [2.05, 4.69) is 41.5 Å². The van der Waals surface area contributed by atoms with E-state index in [1.165, 1.54) is 24.0 Å². The first-order chi connectivity index (χ1) is 6.90. The summed E-state index contributed by atoms with van der Waals surface area (Å²) in [4.78, 5) is 4.39. The number of nitrogens with one attached hydrogen (secondary N) is 1. The maximum atomic E-state index is 4.39. The number of aliphatic imine (C=N–C) groups is 1. The number of rotatable bonds is 3. The Balaban J connectivity index is 2.13. The Kier molecular flexibility index (Phi) is 2.82. The van der Waals surface area contributed by atoms with Crippen LogP contribution in [0.1, 0.15) is 24.5 Å². The molecule has 2 heteroatoms. The summed E-state index contributed by atoms with van der Waals surface area (Å²) < 4.78 is 0. The van der Waals surface area contributed by atoms with E-state index in [9.17, 15) is 0 Å². The van der Waals surface area contributed by atoms with Crippen LogP contribution in [0.25, 0.3) is 0 Å². The van der Waals surface area contributed by atoms with Gasteiger partial charge >= 0.3 is 0 Å². The van der Waals surface area contributed by atoms with Gasteiger partial charge in [0.1, 0.15) is 5.84 Å². The highest BCUT2D eigenvalue weighted by molar-refractivity contribution is 5.99. The fraction of sp³-hybridized carbons (Fsp3) is 0.417. The molecule has 0 saturated carbocycles. The number of hydrogen-bond donors (Lipinski definition) is 1. The molecule has 0 spiro atoms. The highest BCUT2D eigenvalue weighted by Gasteiger charge is 2.06. The van der Waals surface area contributed by atoms with Gasteiger partial charge in [0.25, 0.3) is 0 Å². The van der Waals surface area contributed by atoms with Crippen molar-refractivity contribution in [1.82, 2.24) is 5.32 Å². The van der Waals surface area contributed by atoms with E-state index in [-0.39, 0.29) is 0 Å². The van der Waals surface area contributed by atoms with Gasteiger partial charge in [-0.15, -0.1) is 0 Å². The van der Waals surface area contributed by atoms with Crippen molar-refractivity contribution < 1.29 is 0 Å². The van der Waals surface area contributed by atoms with E-state index in [0.29, 0.717) is 0 Å². The molecule has 1 aromatic carbocycles. The maximum absolute atomic E-state index is 4.39. The Morgan fingerprint density at radius 1 is 1.29 bits per heavy atom. The van der Waals surface area contributed by atoms with Gasteiger partial charge < -0.3 is 5.32 Å². The molecule has 0 aliphatic carbocycles. The standard InChI is InChI=1S/C12H16N2/c1-2-3-10-4-6-11(7-5-10)12-13-8-9-14-12/h4-7H,2-3,8-9H2,1H3,(H,13,14). The second kappa shape index (κ2) is 4.27. The number of hydrogen-bond acceptors (Lipinski definition) is 2. The average molecular weight is 188 g/mol. The molecule has 0 amide bonds. The van der Waals surface area contributed by atoms with Crippen molar-refractivity contribution in [1.29, 1.82) is 0 Å². The summed E-state index contributed by atoms with van der Waals surface area (Å²) >= 11 is 0. The van der Waals surface area contributed by atoms with Gasteiger partial charge in [0.15, 0.2) is 0 Å². The molecule has 1 aromatic rings. The molecule has 1 aliphatic rings. The quantitative estimate of drug-likeness (QED) is 0.770. The molecular formula is C12H16N2. The highest BCUT2D eigenvalue weighted by Crippen LogP contribution is 2.08. The second-order valence-corrected chi connectivity index (χ2v) is 3.60. The minimum atomic E-state index is 0.909. The van der Waals surface area contributed by atoms with Crippen LogP contribution < -0.4 is 5.32 Å². The number of amidine groups is 1. The van der Waals surface area contributed by atoms with Gasteiger partial charge in [-0.3, -0.25) is 4.99 Å². The summed E-state index contributed by atoms with van der Waals surface area (Å²) in [5, 5.41) is 3.27. The topological polar surface area (TPSA) is 24.4 Å². The normalized spacial score (nSPS) is 15.1. The lowest BCUT2D eigenvalue weighted by Gasteiger charge is -2.03. The first-order valence-corrected chi connectivity index (χ1v) is 5.28. The van der Waals surface area contributed by atoms with E-state index < -0.39 is 0 Å². The fourth-order valence-electron chi connectivity index (χ4n) is 1.71. The lowest BCUT2D eigenvalue weighted by molar-refractivity contribution is 0.921. The van der Waals surface area contributed by atoms with Gasteiger partial charge in [-0.2, -0.15) is 0 Å². The summed E-state index contributed by atoms with van der Waals surface area (Å²) in [6, 6.07) is 8.70. The molecule has 0 radical (unpaired) electrons. The highest BCUT2D eigenvalue weighted by atomic mass is 15.1. The van der Waals surface area contributed by atoms with Gasteiger partial charge in [0.05, 0.1) is 6.54 Å². The zero-order chi connectivity index (χ0) is 9.80. The van der Waals surface area contributed by atoms with Crippen molar-refractivity contribution in [2.75, 3.05) is 13.1 Å². The molecule has 2 nitrogen and oxygen atoms in total. The molecule has 0 bridgehead atoms. The summed E-state index contributed by atoms with van der Waals surface area (Å²) in [5.74, 6) is 1.05. The van der Waals surface area contributed by atoms with E-state index in [1.54, 1.807) is 0 Å². The molecule has 0 fully saturated rings. The van der Waals surface area contributed by atoms with Crippen LogP contribution in [0, 0.1) is 0 Å². The van der Waals surface area contributed by atoms with Crippen molar-refractivity contribution >= 4 is 5.84 Å². The Morgan fingerprint density at radius 3 is 2.64 bits per heavy atom. The fourth-order valence-corrected chi connectivity index (χ4v) is 1.71. The lowest BCUT2D eigenvalue weighted by atomic mass is 10.1. The van der Waals surface area contributed by atoms with Crippen LogP contribution in [0.15, 0.2) is 29.3 Å². The summed E-state index contributed by atoms with van der Waals surface area (Å²) in [5.41, 5.74) is 2.62. The molecular weight excluding hydrogens is 172 g/mol. The predicted octanol–water partition coefficient (Wildman–Crippen LogP) is 1.99. The zero-order valence-corrected chi connectivity index (χ0v) is 8.59. The minimum Gasteiger partial charge on any atom is -0.368 e. The first kappa shape index (κ1) is 9.25. The van der Waals surface area contributed by atoms with Crippen molar-refractivity contribution in [3.63, 3.8) is 0 Å². The predicted molar refractivity (Wildman–Crippen MR) is 59.8 cm³/mol. The molecule has 1 heterocycles. The second-order valence-electron chi connectivity index (χ2n) is 3.60. The zero-order valence-electron chi connectivity index (χ0n) is 8.59. The van der Waals surface area contributed by atoms with Crippen molar-refractivity contribution in [2.24, 2.45) is 4.99 Å². The molecule has 0 saturated heterocycles. The summed E-state index contributed by atoms with van der Waals surface area (Å²) in [6.45, 7) is 4.09. The van der Waals surface area contributed by atoms with Gasteiger partial charge in [0, 0.05) is 12.1 Å². The Labute approximate surface area is 85.1 Å². The Hall–Kier alpha value is -1.31. The Morgan fingerprint density at radius 2 is 2.07 bits per heavy atom.